The molecule has 1 aromatic carbocycles. The van der Waals surface area contributed by atoms with Gasteiger partial charge in [0.15, 0.2) is 0 Å². The molecule has 0 atom stereocenters. The second kappa shape index (κ2) is 4.88. The van der Waals surface area contributed by atoms with Gasteiger partial charge in [0.1, 0.15) is 12.4 Å². The second-order valence-corrected chi connectivity index (χ2v) is 3.81. The molecule has 1 aromatic heterocycles. The van der Waals surface area contributed by atoms with Crippen LogP contribution in [0.5, 0.6) is 0 Å². The summed E-state index contributed by atoms with van der Waals surface area (Å²) in [6, 6.07) is 6.54. The Morgan fingerprint density at radius 2 is 2.06 bits per heavy atom. The van der Waals surface area contributed by atoms with Crippen LogP contribution in [0.1, 0.15) is 18.9 Å². The van der Waals surface area contributed by atoms with Gasteiger partial charge in [0.25, 0.3) is 6.33 Å². The highest BCUT2D eigenvalue weighted by Gasteiger charge is 2.05. The molecule has 1 heterocycles. The lowest BCUT2D eigenvalue weighted by molar-refractivity contribution is -0.689. The van der Waals surface area contributed by atoms with Crippen molar-refractivity contribution >= 4 is 0 Å². The van der Waals surface area contributed by atoms with Crippen LogP contribution in [0.3, 0.4) is 0 Å². The minimum absolute atomic E-state index is 0.199. The van der Waals surface area contributed by atoms with Gasteiger partial charge in [-0.25, -0.2) is 8.96 Å². The van der Waals surface area contributed by atoms with Gasteiger partial charge in [-0.15, -0.1) is 4.68 Å². The molecule has 0 saturated carbocycles. The summed E-state index contributed by atoms with van der Waals surface area (Å²) >= 11 is 0. The molecule has 0 fully saturated rings. The summed E-state index contributed by atoms with van der Waals surface area (Å²) in [4.78, 5) is 0. The lowest BCUT2D eigenvalue weighted by Crippen LogP contribution is -2.31. The zero-order chi connectivity index (χ0) is 11.4. The Hall–Kier alpha value is -1.71. The van der Waals surface area contributed by atoms with Crippen LogP contribution in [-0.2, 0) is 13.1 Å². The van der Waals surface area contributed by atoms with E-state index in [1.807, 2.05) is 15.6 Å². The van der Waals surface area contributed by atoms with Crippen LogP contribution in [0.4, 0.5) is 4.39 Å². The van der Waals surface area contributed by atoms with E-state index in [0.29, 0.717) is 0 Å². The summed E-state index contributed by atoms with van der Waals surface area (Å²) in [6.07, 6.45) is 4.82. The molecule has 0 N–H and O–H groups in total. The summed E-state index contributed by atoms with van der Waals surface area (Å²) in [5, 5.41) is 4.23. The third-order valence-corrected chi connectivity index (χ3v) is 2.36. The van der Waals surface area contributed by atoms with Crippen LogP contribution in [-0.4, -0.2) is 9.78 Å². The molecule has 0 spiro atoms. The Kier molecular flexibility index (Phi) is 3.29. The van der Waals surface area contributed by atoms with E-state index in [4.69, 9.17) is 0 Å². The van der Waals surface area contributed by atoms with Crippen molar-refractivity contribution in [3.05, 3.63) is 48.3 Å². The molecule has 0 aliphatic heterocycles. The molecule has 2 rings (SSSR count). The van der Waals surface area contributed by atoms with E-state index in [-0.39, 0.29) is 5.82 Å². The maximum atomic E-state index is 12.7. The first kappa shape index (κ1) is 10.8. The topological polar surface area (TPSA) is 21.7 Å². The first-order valence-corrected chi connectivity index (χ1v) is 5.44. The van der Waals surface area contributed by atoms with Gasteiger partial charge in [-0.1, -0.05) is 19.1 Å². The van der Waals surface area contributed by atoms with Crippen LogP contribution in [0.25, 0.3) is 0 Å². The number of hydrogen-bond donors (Lipinski definition) is 0. The Morgan fingerprint density at radius 1 is 1.31 bits per heavy atom. The second-order valence-electron chi connectivity index (χ2n) is 3.81. The molecule has 0 bridgehead atoms. The van der Waals surface area contributed by atoms with Gasteiger partial charge in [0.05, 0.1) is 6.54 Å². The van der Waals surface area contributed by atoms with Crippen LogP contribution < -0.4 is 4.57 Å². The summed E-state index contributed by atoms with van der Waals surface area (Å²) in [5.41, 5.74) is 1.07. The Balaban J connectivity index is 2.05. The van der Waals surface area contributed by atoms with E-state index in [0.717, 1.165) is 25.1 Å². The quantitative estimate of drug-likeness (QED) is 0.720. The van der Waals surface area contributed by atoms with Crippen molar-refractivity contribution in [3.8, 4) is 0 Å². The van der Waals surface area contributed by atoms with Crippen LogP contribution in [0.2, 0.25) is 0 Å². The van der Waals surface area contributed by atoms with Crippen molar-refractivity contribution in [2.45, 2.75) is 26.4 Å². The van der Waals surface area contributed by atoms with Crippen LogP contribution in [0.15, 0.2) is 36.9 Å². The Morgan fingerprint density at radius 3 is 2.75 bits per heavy atom. The highest BCUT2D eigenvalue weighted by molar-refractivity contribution is 5.14. The fourth-order valence-corrected chi connectivity index (χ4v) is 1.59. The number of benzene rings is 1. The van der Waals surface area contributed by atoms with Crippen molar-refractivity contribution in [1.82, 2.24) is 9.78 Å². The molecule has 0 unspecified atom stereocenters. The maximum Gasteiger partial charge on any atom is 0.265 e. The number of nitrogens with zero attached hydrogens (tertiary/aromatic N) is 3. The van der Waals surface area contributed by atoms with E-state index < -0.39 is 0 Å². The summed E-state index contributed by atoms with van der Waals surface area (Å²) < 4.78 is 16.6. The van der Waals surface area contributed by atoms with Crippen molar-refractivity contribution in [1.29, 1.82) is 0 Å². The molecule has 0 amide bonds. The first-order chi connectivity index (χ1) is 7.78. The number of rotatable bonds is 4. The van der Waals surface area contributed by atoms with E-state index in [1.165, 1.54) is 12.1 Å². The van der Waals surface area contributed by atoms with Crippen LogP contribution in [0, 0.1) is 5.82 Å². The van der Waals surface area contributed by atoms with Gasteiger partial charge < -0.3 is 0 Å². The van der Waals surface area contributed by atoms with Gasteiger partial charge in [-0.3, -0.25) is 0 Å². The first-order valence-electron chi connectivity index (χ1n) is 5.44. The molecule has 3 nitrogen and oxygen atoms in total. The zero-order valence-electron chi connectivity index (χ0n) is 9.31. The number of aromatic nitrogens is 3. The summed E-state index contributed by atoms with van der Waals surface area (Å²) in [7, 11) is 0. The average molecular weight is 220 g/mol. The van der Waals surface area contributed by atoms with Gasteiger partial charge in [-0.05, 0) is 24.1 Å². The van der Waals surface area contributed by atoms with Crippen LogP contribution >= 0.6 is 0 Å². The van der Waals surface area contributed by atoms with Crippen molar-refractivity contribution < 1.29 is 8.96 Å². The lowest BCUT2D eigenvalue weighted by atomic mass is 10.2. The Labute approximate surface area is 94.2 Å². The van der Waals surface area contributed by atoms with Gasteiger partial charge in [-0.2, -0.15) is 0 Å². The highest BCUT2D eigenvalue weighted by atomic mass is 19.1. The number of aryl methyl sites for hydroxylation is 1. The fourth-order valence-electron chi connectivity index (χ4n) is 1.59. The maximum absolute atomic E-state index is 12.7. The van der Waals surface area contributed by atoms with Gasteiger partial charge >= 0.3 is 0 Å². The lowest BCUT2D eigenvalue weighted by Gasteiger charge is -1.97. The average Bonchev–Trinajstić information content (AvgIpc) is 2.70. The molecule has 2 aromatic rings. The minimum atomic E-state index is -0.199. The normalized spacial score (nSPS) is 10.6. The smallest absolute Gasteiger partial charge is 0.233 e. The van der Waals surface area contributed by atoms with E-state index in [9.17, 15) is 4.39 Å². The number of hydrogen-bond acceptors (Lipinski definition) is 1. The SMILES string of the molecule is CCCn1c[n+](Cc2ccc(F)cc2)cn1. The monoisotopic (exact) mass is 220 g/mol. The molecule has 4 heteroatoms. The van der Waals surface area contributed by atoms with Crippen molar-refractivity contribution in [2.75, 3.05) is 0 Å². The summed E-state index contributed by atoms with van der Waals surface area (Å²) in [6.45, 7) is 3.77. The molecule has 0 aliphatic carbocycles. The van der Waals surface area contributed by atoms with Gasteiger partial charge in [0.2, 0.25) is 6.33 Å². The molecule has 16 heavy (non-hydrogen) atoms. The molecular formula is C12H15FN3+. The van der Waals surface area contributed by atoms with Crippen molar-refractivity contribution in [3.63, 3.8) is 0 Å². The van der Waals surface area contributed by atoms with E-state index in [1.54, 1.807) is 18.5 Å². The molecule has 0 aliphatic rings. The largest absolute Gasteiger partial charge is 0.265 e. The fraction of sp³-hybridized carbons (Fsp3) is 0.333. The molecular weight excluding hydrogens is 205 g/mol. The highest BCUT2D eigenvalue weighted by Crippen LogP contribution is 2.01. The molecule has 0 radical (unpaired) electrons. The Bertz CT molecular complexity index is 448. The standard InChI is InChI=1S/C12H15FN3/c1-2-7-16-10-15(9-14-16)8-11-3-5-12(13)6-4-11/h3-6,9-10H,2,7-8H2,1H3/q+1. The number of halogens is 1. The summed E-state index contributed by atoms with van der Waals surface area (Å²) in [5.74, 6) is -0.199. The predicted octanol–water partition coefficient (Wildman–Crippen LogP) is 1.77. The predicted molar refractivity (Wildman–Crippen MR) is 58.2 cm³/mol. The third-order valence-electron chi connectivity index (χ3n) is 2.36. The van der Waals surface area contributed by atoms with E-state index in [2.05, 4.69) is 12.0 Å². The third kappa shape index (κ3) is 2.66. The van der Waals surface area contributed by atoms with Crippen molar-refractivity contribution in [2.24, 2.45) is 0 Å². The van der Waals surface area contributed by atoms with Gasteiger partial charge in [0, 0.05) is 5.10 Å². The molecule has 84 valence electrons. The van der Waals surface area contributed by atoms with E-state index >= 15 is 0 Å². The minimum Gasteiger partial charge on any atom is -0.233 e. The zero-order valence-corrected chi connectivity index (χ0v) is 9.31. The molecule has 0 saturated heterocycles.